The molecule has 0 saturated carbocycles. The highest BCUT2D eigenvalue weighted by Crippen LogP contribution is 2.41. The van der Waals surface area contributed by atoms with E-state index >= 15 is 0 Å². The van der Waals surface area contributed by atoms with Crippen molar-refractivity contribution in [2.24, 2.45) is 10.9 Å². The van der Waals surface area contributed by atoms with E-state index in [1.807, 2.05) is 0 Å². The van der Waals surface area contributed by atoms with Gasteiger partial charge in [-0.3, -0.25) is 14.5 Å². The van der Waals surface area contributed by atoms with Crippen LogP contribution in [0.4, 0.5) is 5.13 Å². The molecule has 0 aliphatic carbocycles. The number of carboxylic acids is 1. The van der Waals surface area contributed by atoms with Gasteiger partial charge in [-0.15, -0.1) is 16.9 Å². The fourth-order valence-electron chi connectivity index (χ4n) is 3.81. The van der Waals surface area contributed by atoms with Crippen LogP contribution in [0.2, 0.25) is 0 Å². The lowest BCUT2D eigenvalue weighted by atomic mass is 10.0. The zero-order valence-electron chi connectivity index (χ0n) is 20.4. The number of nitrogens with zero attached hydrogens (tertiary/aromatic N) is 8. The van der Waals surface area contributed by atoms with Gasteiger partial charge in [0.2, 0.25) is 16.7 Å². The summed E-state index contributed by atoms with van der Waals surface area (Å²) >= 11 is 3.44. The molecule has 208 valence electrons. The van der Waals surface area contributed by atoms with Crippen molar-refractivity contribution >= 4 is 63.7 Å². The van der Waals surface area contributed by atoms with Crippen LogP contribution in [0.5, 0.6) is 5.75 Å². The van der Waals surface area contributed by atoms with Crippen molar-refractivity contribution in [3.05, 3.63) is 47.4 Å². The molecule has 0 spiro atoms. The van der Waals surface area contributed by atoms with Gasteiger partial charge in [0.25, 0.3) is 11.8 Å². The lowest BCUT2D eigenvalue weighted by Crippen LogP contribution is -2.71. The van der Waals surface area contributed by atoms with Gasteiger partial charge in [0, 0.05) is 29.6 Å². The second kappa shape index (κ2) is 12.0. The molecule has 0 bridgehead atoms. The molecule has 1 unspecified atom stereocenters. The van der Waals surface area contributed by atoms with E-state index < -0.39 is 29.2 Å². The molecule has 1 saturated heterocycles. The van der Waals surface area contributed by atoms with E-state index in [0.29, 0.717) is 35.3 Å². The number of tetrazole rings is 1. The first kappa shape index (κ1) is 27.5. The van der Waals surface area contributed by atoms with Crippen LogP contribution in [0.1, 0.15) is 5.82 Å². The Bertz CT molecular complexity index is 1490. The van der Waals surface area contributed by atoms with Crippen molar-refractivity contribution in [1.29, 1.82) is 0 Å². The molecule has 6 N–H and O–H groups in total. The van der Waals surface area contributed by atoms with Crippen LogP contribution in [0.15, 0.2) is 51.9 Å². The molecule has 1 fully saturated rings. The quantitative estimate of drug-likeness (QED) is 0.0926. The fraction of sp³-hybridized carbons (Fsp3) is 0.286. The number of para-hydroxylation sites is 1. The zero-order valence-corrected chi connectivity index (χ0v) is 22.9. The average Bonchev–Trinajstić information content (AvgIpc) is 3.59. The molecule has 2 amide bonds. The minimum atomic E-state index is -1.25. The van der Waals surface area contributed by atoms with Gasteiger partial charge < -0.3 is 26.7 Å². The van der Waals surface area contributed by atoms with E-state index in [1.54, 1.807) is 30.3 Å². The molecule has 2 aliphatic heterocycles. The molecular formula is C21H21N11O5S3. The maximum Gasteiger partial charge on any atom is 0.352 e. The number of fused-ring (bicyclic) bond motifs is 1. The van der Waals surface area contributed by atoms with Crippen LogP contribution in [-0.2, 0) is 20.9 Å². The molecule has 0 radical (unpaired) electrons. The highest BCUT2D eigenvalue weighted by Gasteiger charge is 2.54. The normalized spacial score (nSPS) is 18.8. The van der Waals surface area contributed by atoms with E-state index in [1.165, 1.54) is 33.1 Å². The van der Waals surface area contributed by atoms with E-state index in [-0.39, 0.29) is 28.1 Å². The third-order valence-electron chi connectivity index (χ3n) is 5.61. The maximum atomic E-state index is 13.2. The Morgan fingerprint density at radius 2 is 2.10 bits per heavy atom. The number of oxime groups is 1. The fourth-order valence-corrected chi connectivity index (χ4v) is 6.64. The topological polar surface area (TPSA) is 230 Å². The number of hydrogen-bond donors (Lipinski definition) is 4. The highest BCUT2D eigenvalue weighted by molar-refractivity contribution is 8.01. The van der Waals surface area contributed by atoms with Crippen LogP contribution in [-0.4, -0.2) is 92.5 Å². The minimum Gasteiger partial charge on any atom is -0.477 e. The molecule has 2 aromatic heterocycles. The number of β-lactam (4-membered cyclic amide) rings is 1. The molecule has 2 atom stereocenters. The van der Waals surface area contributed by atoms with Crippen molar-refractivity contribution in [2.75, 3.05) is 23.8 Å². The summed E-state index contributed by atoms with van der Waals surface area (Å²) in [6, 6.07) is 7.53. The van der Waals surface area contributed by atoms with E-state index in [4.69, 9.17) is 16.3 Å². The number of carboxylic acid groups (broad SMARTS) is 1. The maximum absolute atomic E-state index is 13.2. The van der Waals surface area contributed by atoms with Crippen molar-refractivity contribution < 1.29 is 24.3 Å². The number of thioether (sulfide) groups is 2. The van der Waals surface area contributed by atoms with Crippen LogP contribution < -0.4 is 21.6 Å². The standard InChI is InChI=1S/C21H21N11O5S3/c22-6-7-31-21(26-29-30-31)39-9-10-8-38-18-13(17(34)32(18)14(10)19(35)36)24-16(33)12(15-25-20(23)40-28-15)27-37-11-4-2-1-3-5-11/h1-5,13,18H,6-9,22H2,(H,24,33)(H,35,36)(H2,23,25,28)/t13?,18-/m1/s1. The number of hydrogen-bond acceptors (Lipinski definition) is 15. The summed E-state index contributed by atoms with van der Waals surface area (Å²) in [4.78, 5) is 49.1. The highest BCUT2D eigenvalue weighted by atomic mass is 32.2. The summed E-state index contributed by atoms with van der Waals surface area (Å²) in [6.07, 6.45) is 0. The largest absolute Gasteiger partial charge is 0.477 e. The molecule has 16 nitrogen and oxygen atoms in total. The van der Waals surface area contributed by atoms with E-state index in [0.717, 1.165) is 11.5 Å². The molecule has 2 aliphatic rings. The minimum absolute atomic E-state index is 0.0711. The third-order valence-corrected chi connectivity index (χ3v) is 8.53. The van der Waals surface area contributed by atoms with Gasteiger partial charge in [-0.1, -0.05) is 35.1 Å². The first-order valence-corrected chi connectivity index (χ1v) is 14.4. The zero-order chi connectivity index (χ0) is 28.2. The molecule has 4 heterocycles. The van der Waals surface area contributed by atoms with Gasteiger partial charge in [0.05, 0.1) is 6.54 Å². The number of aliphatic carboxylic acids is 1. The third kappa shape index (κ3) is 5.62. The predicted octanol–water partition coefficient (Wildman–Crippen LogP) is -0.620. The molecule has 40 heavy (non-hydrogen) atoms. The number of amides is 2. The van der Waals surface area contributed by atoms with Gasteiger partial charge in [-0.25, -0.2) is 9.48 Å². The summed E-state index contributed by atoms with van der Waals surface area (Å²) in [5.74, 6) is -1.75. The number of benzene rings is 1. The Morgan fingerprint density at radius 1 is 1.30 bits per heavy atom. The Hall–Kier alpha value is -4.07. The molecule has 5 rings (SSSR count). The number of nitrogens with one attached hydrogen (secondary N) is 1. The number of carbonyl (C=O) groups is 3. The number of nitrogens with two attached hydrogens (primary N) is 2. The number of nitrogen functional groups attached to an aromatic ring is 1. The lowest BCUT2D eigenvalue weighted by Gasteiger charge is -2.49. The lowest BCUT2D eigenvalue weighted by molar-refractivity contribution is -0.150. The summed E-state index contributed by atoms with van der Waals surface area (Å²) in [5, 5.41) is 27.9. The van der Waals surface area contributed by atoms with Gasteiger partial charge in [-0.2, -0.15) is 9.36 Å². The number of rotatable bonds is 11. The van der Waals surface area contributed by atoms with E-state index in [9.17, 15) is 19.5 Å². The van der Waals surface area contributed by atoms with Crippen molar-refractivity contribution in [3.63, 3.8) is 0 Å². The summed E-state index contributed by atoms with van der Waals surface area (Å²) < 4.78 is 5.55. The predicted molar refractivity (Wildman–Crippen MR) is 145 cm³/mol. The van der Waals surface area contributed by atoms with Crippen LogP contribution >= 0.6 is 35.1 Å². The smallest absolute Gasteiger partial charge is 0.352 e. The SMILES string of the molecule is NCCn1nnnc1SCC1=C(C(=O)O)N2C(=O)C(NC(=O)C(=NOc3ccccc3)c3nsc(N)n3)[C@H]2SC1. The van der Waals surface area contributed by atoms with Gasteiger partial charge in [0.15, 0.2) is 10.9 Å². The van der Waals surface area contributed by atoms with Gasteiger partial charge >= 0.3 is 5.97 Å². The Kier molecular flexibility index (Phi) is 8.24. The Morgan fingerprint density at radius 3 is 2.80 bits per heavy atom. The number of aromatic nitrogens is 6. The number of carbonyl (C=O) groups excluding carboxylic acids is 2. The van der Waals surface area contributed by atoms with Crippen molar-refractivity contribution in [1.82, 2.24) is 39.8 Å². The average molecular weight is 604 g/mol. The Labute approximate surface area is 238 Å². The Balaban J connectivity index is 1.31. The van der Waals surface area contributed by atoms with Crippen LogP contribution in [0, 0.1) is 0 Å². The van der Waals surface area contributed by atoms with Crippen molar-refractivity contribution in [3.8, 4) is 5.75 Å². The molecule has 19 heteroatoms. The van der Waals surface area contributed by atoms with E-state index in [2.05, 4.69) is 35.4 Å². The van der Waals surface area contributed by atoms with Crippen LogP contribution in [0.25, 0.3) is 0 Å². The molecule has 3 aromatic rings. The first-order valence-electron chi connectivity index (χ1n) is 11.6. The van der Waals surface area contributed by atoms with Gasteiger partial charge in [-0.05, 0) is 28.1 Å². The second-order valence-electron chi connectivity index (χ2n) is 8.18. The monoisotopic (exact) mass is 603 g/mol. The number of anilines is 1. The van der Waals surface area contributed by atoms with Crippen LogP contribution in [0.3, 0.4) is 0 Å². The van der Waals surface area contributed by atoms with Gasteiger partial charge in [0.1, 0.15) is 17.1 Å². The first-order chi connectivity index (χ1) is 19.4. The summed E-state index contributed by atoms with van der Waals surface area (Å²) in [7, 11) is 0. The van der Waals surface area contributed by atoms with Crippen molar-refractivity contribution in [2.45, 2.75) is 23.1 Å². The summed E-state index contributed by atoms with van der Waals surface area (Å²) in [6.45, 7) is 0.749. The molecular weight excluding hydrogens is 583 g/mol. The second-order valence-corrected chi connectivity index (χ2v) is 11.0. The molecule has 1 aromatic carbocycles. The summed E-state index contributed by atoms with van der Waals surface area (Å²) in [5.41, 5.74) is 11.4.